The van der Waals surface area contributed by atoms with E-state index < -0.39 is 0 Å². The third-order valence-corrected chi connectivity index (χ3v) is 4.10. The van der Waals surface area contributed by atoms with Gasteiger partial charge in [-0.2, -0.15) is 5.10 Å². The van der Waals surface area contributed by atoms with E-state index in [2.05, 4.69) is 41.5 Å². The molecule has 1 aliphatic rings. The average Bonchev–Trinajstić information content (AvgIpc) is 2.79. The lowest BCUT2D eigenvalue weighted by atomic mass is 9.89. The number of aromatic nitrogens is 2. The van der Waals surface area contributed by atoms with Gasteiger partial charge in [-0.05, 0) is 49.9 Å². The van der Waals surface area contributed by atoms with E-state index in [0.29, 0.717) is 12.1 Å². The molecule has 4 nitrogen and oxygen atoms in total. The molecule has 1 fully saturated rings. The van der Waals surface area contributed by atoms with Gasteiger partial charge in [0.2, 0.25) is 0 Å². The van der Waals surface area contributed by atoms with Gasteiger partial charge in [-0.1, -0.05) is 0 Å². The SMILES string of the molecule is Cc1cc2cn[nH]c2cc1C1CCC(N)C(C)N1. The van der Waals surface area contributed by atoms with Crippen molar-refractivity contribution in [3.05, 3.63) is 29.5 Å². The summed E-state index contributed by atoms with van der Waals surface area (Å²) < 4.78 is 0. The Hall–Kier alpha value is -1.39. The largest absolute Gasteiger partial charge is 0.326 e. The molecule has 0 aliphatic carbocycles. The summed E-state index contributed by atoms with van der Waals surface area (Å²) in [5.74, 6) is 0. The van der Waals surface area contributed by atoms with Crippen LogP contribution < -0.4 is 11.1 Å². The van der Waals surface area contributed by atoms with Gasteiger partial charge in [0.25, 0.3) is 0 Å². The zero-order valence-electron chi connectivity index (χ0n) is 10.9. The summed E-state index contributed by atoms with van der Waals surface area (Å²) in [4.78, 5) is 0. The van der Waals surface area contributed by atoms with Crippen molar-refractivity contribution in [2.75, 3.05) is 0 Å². The van der Waals surface area contributed by atoms with Crippen molar-refractivity contribution in [3.8, 4) is 0 Å². The molecule has 0 spiro atoms. The van der Waals surface area contributed by atoms with Gasteiger partial charge < -0.3 is 11.1 Å². The molecule has 1 aliphatic heterocycles. The normalized spacial score (nSPS) is 28.7. The number of aromatic amines is 1. The predicted molar refractivity (Wildman–Crippen MR) is 73.4 cm³/mol. The van der Waals surface area contributed by atoms with Gasteiger partial charge in [0.05, 0.1) is 11.7 Å². The quantitative estimate of drug-likeness (QED) is 0.719. The molecule has 1 saturated heterocycles. The number of fused-ring (bicyclic) bond motifs is 1. The van der Waals surface area contributed by atoms with E-state index in [0.717, 1.165) is 18.4 Å². The summed E-state index contributed by atoms with van der Waals surface area (Å²) >= 11 is 0. The Morgan fingerprint density at radius 1 is 1.33 bits per heavy atom. The number of nitrogens with one attached hydrogen (secondary N) is 2. The lowest BCUT2D eigenvalue weighted by Gasteiger charge is -2.34. The van der Waals surface area contributed by atoms with E-state index in [1.165, 1.54) is 16.5 Å². The molecule has 0 radical (unpaired) electrons. The van der Waals surface area contributed by atoms with Crippen molar-refractivity contribution in [1.29, 1.82) is 0 Å². The first-order valence-corrected chi connectivity index (χ1v) is 6.60. The molecule has 18 heavy (non-hydrogen) atoms. The number of H-pyrrole nitrogens is 1. The van der Waals surface area contributed by atoms with Crippen LogP contribution in [-0.4, -0.2) is 22.3 Å². The Bertz CT molecular complexity index is 560. The summed E-state index contributed by atoms with van der Waals surface area (Å²) in [5.41, 5.74) is 9.85. The molecular weight excluding hydrogens is 224 g/mol. The second-order valence-corrected chi connectivity index (χ2v) is 5.42. The molecule has 1 aromatic carbocycles. The highest BCUT2D eigenvalue weighted by atomic mass is 15.1. The summed E-state index contributed by atoms with van der Waals surface area (Å²) in [5, 5.41) is 11.9. The van der Waals surface area contributed by atoms with E-state index in [-0.39, 0.29) is 6.04 Å². The fourth-order valence-electron chi connectivity index (χ4n) is 2.88. The maximum Gasteiger partial charge on any atom is 0.0653 e. The van der Waals surface area contributed by atoms with Crippen molar-refractivity contribution in [2.45, 2.75) is 44.8 Å². The maximum atomic E-state index is 6.05. The Labute approximate surface area is 107 Å². The number of rotatable bonds is 1. The Morgan fingerprint density at radius 3 is 2.94 bits per heavy atom. The minimum atomic E-state index is 0.275. The first-order chi connectivity index (χ1) is 8.65. The van der Waals surface area contributed by atoms with Gasteiger partial charge in [-0.15, -0.1) is 0 Å². The molecule has 2 heterocycles. The molecule has 96 valence electrons. The highest BCUT2D eigenvalue weighted by molar-refractivity contribution is 5.79. The van der Waals surface area contributed by atoms with E-state index in [4.69, 9.17) is 5.73 Å². The van der Waals surface area contributed by atoms with Gasteiger partial charge in [-0.3, -0.25) is 5.10 Å². The van der Waals surface area contributed by atoms with Gasteiger partial charge in [0.1, 0.15) is 0 Å². The van der Waals surface area contributed by atoms with E-state index in [9.17, 15) is 0 Å². The fourth-order valence-corrected chi connectivity index (χ4v) is 2.88. The van der Waals surface area contributed by atoms with Crippen LogP contribution in [0.2, 0.25) is 0 Å². The molecule has 0 saturated carbocycles. The predicted octanol–water partition coefficient (Wildman–Crippen LogP) is 2.01. The summed E-state index contributed by atoms with van der Waals surface area (Å²) in [7, 11) is 0. The van der Waals surface area contributed by atoms with Crippen LogP contribution in [0.3, 0.4) is 0 Å². The summed E-state index contributed by atoms with van der Waals surface area (Å²) in [6.45, 7) is 4.34. The highest BCUT2D eigenvalue weighted by Gasteiger charge is 2.26. The maximum absolute atomic E-state index is 6.05. The summed E-state index contributed by atoms with van der Waals surface area (Å²) in [6, 6.07) is 5.49. The van der Waals surface area contributed by atoms with E-state index >= 15 is 0 Å². The number of nitrogens with zero attached hydrogens (tertiary/aromatic N) is 1. The number of aryl methyl sites for hydroxylation is 1. The number of piperidine rings is 1. The van der Waals surface area contributed by atoms with Crippen LogP contribution in [0.4, 0.5) is 0 Å². The molecule has 3 atom stereocenters. The first kappa shape index (κ1) is 11.7. The molecule has 1 aromatic heterocycles. The van der Waals surface area contributed by atoms with Gasteiger partial charge in [0.15, 0.2) is 0 Å². The topological polar surface area (TPSA) is 66.7 Å². The van der Waals surface area contributed by atoms with Crippen LogP contribution in [0.5, 0.6) is 0 Å². The summed E-state index contributed by atoms with van der Waals surface area (Å²) in [6.07, 6.45) is 4.06. The van der Waals surface area contributed by atoms with Crippen molar-refractivity contribution in [2.24, 2.45) is 5.73 Å². The second kappa shape index (κ2) is 4.37. The molecule has 0 amide bonds. The van der Waals surface area contributed by atoms with Crippen molar-refractivity contribution >= 4 is 10.9 Å². The van der Waals surface area contributed by atoms with Crippen molar-refractivity contribution in [1.82, 2.24) is 15.5 Å². The number of hydrogen-bond acceptors (Lipinski definition) is 3. The molecule has 2 aromatic rings. The number of hydrogen-bond donors (Lipinski definition) is 3. The smallest absolute Gasteiger partial charge is 0.0653 e. The van der Waals surface area contributed by atoms with Crippen molar-refractivity contribution < 1.29 is 0 Å². The molecule has 4 N–H and O–H groups in total. The van der Waals surface area contributed by atoms with Crippen LogP contribution in [-0.2, 0) is 0 Å². The van der Waals surface area contributed by atoms with E-state index in [1.807, 2.05) is 6.20 Å². The highest BCUT2D eigenvalue weighted by Crippen LogP contribution is 2.29. The van der Waals surface area contributed by atoms with Crippen LogP contribution in [0.25, 0.3) is 10.9 Å². The van der Waals surface area contributed by atoms with Crippen LogP contribution in [0.15, 0.2) is 18.3 Å². The average molecular weight is 244 g/mol. The zero-order chi connectivity index (χ0) is 12.7. The standard InChI is InChI=1S/C14H20N4/c1-8-5-10-7-16-18-14(10)6-11(8)13-4-3-12(15)9(2)17-13/h5-7,9,12-13,17H,3-4,15H2,1-2H3,(H,16,18). The molecule has 0 bridgehead atoms. The lowest BCUT2D eigenvalue weighted by Crippen LogP contribution is -2.48. The third kappa shape index (κ3) is 1.91. The van der Waals surface area contributed by atoms with Crippen LogP contribution >= 0.6 is 0 Å². The number of nitrogens with two attached hydrogens (primary N) is 1. The fraction of sp³-hybridized carbons (Fsp3) is 0.500. The van der Waals surface area contributed by atoms with Gasteiger partial charge in [-0.25, -0.2) is 0 Å². The minimum absolute atomic E-state index is 0.275. The van der Waals surface area contributed by atoms with Crippen molar-refractivity contribution in [3.63, 3.8) is 0 Å². The molecule has 4 heteroatoms. The third-order valence-electron chi connectivity index (χ3n) is 4.10. The number of benzene rings is 1. The zero-order valence-corrected chi connectivity index (χ0v) is 10.9. The first-order valence-electron chi connectivity index (χ1n) is 6.60. The monoisotopic (exact) mass is 244 g/mol. The molecule has 3 rings (SSSR count). The Balaban J connectivity index is 1.95. The molecular formula is C14H20N4. The lowest BCUT2D eigenvalue weighted by molar-refractivity contribution is 0.302. The van der Waals surface area contributed by atoms with Gasteiger partial charge in [0, 0.05) is 23.5 Å². The van der Waals surface area contributed by atoms with E-state index in [1.54, 1.807) is 0 Å². The molecule has 3 unspecified atom stereocenters. The minimum Gasteiger partial charge on any atom is -0.326 e. The van der Waals surface area contributed by atoms with Gasteiger partial charge >= 0.3 is 0 Å². The van der Waals surface area contributed by atoms with Crippen LogP contribution in [0.1, 0.15) is 36.9 Å². The Kier molecular flexibility index (Phi) is 2.84. The van der Waals surface area contributed by atoms with Crippen LogP contribution in [0, 0.1) is 6.92 Å². The Morgan fingerprint density at radius 2 is 2.17 bits per heavy atom. The second-order valence-electron chi connectivity index (χ2n) is 5.42.